The van der Waals surface area contributed by atoms with Gasteiger partial charge in [-0.2, -0.15) is 0 Å². The average Bonchev–Trinajstić information content (AvgIpc) is 2.87. The van der Waals surface area contributed by atoms with Crippen molar-refractivity contribution in [2.45, 2.75) is 162 Å². The Balaban J connectivity index is 2.85. The van der Waals surface area contributed by atoms with E-state index in [-0.39, 0.29) is 0 Å². The number of benzene rings is 1. The minimum absolute atomic E-state index is 0.596. The zero-order valence-corrected chi connectivity index (χ0v) is 25.4. The molecule has 0 amide bonds. The van der Waals surface area contributed by atoms with E-state index in [0.29, 0.717) is 0 Å². The van der Waals surface area contributed by atoms with Crippen molar-refractivity contribution < 1.29 is 0 Å². The Hall–Kier alpha value is -0.320. The molecule has 0 saturated heterocycles. The molecule has 2 heteroatoms. The quantitative estimate of drug-likeness (QED) is 0.0938. The predicted octanol–water partition coefficient (Wildman–Crippen LogP) is 13.3. The van der Waals surface area contributed by atoms with Gasteiger partial charge in [-0.1, -0.05) is 164 Å². The molecule has 0 radical (unpaired) electrons. The minimum atomic E-state index is -0.596. The minimum Gasteiger partial charge on any atom is -0.0912 e. The topological polar surface area (TPSA) is 0 Å². The van der Waals surface area contributed by atoms with Crippen LogP contribution in [-0.4, -0.2) is 0 Å². The summed E-state index contributed by atoms with van der Waals surface area (Å²) in [5, 5.41) is 1.68. The summed E-state index contributed by atoms with van der Waals surface area (Å²) in [6.07, 6.45) is 29.7. The van der Waals surface area contributed by atoms with Gasteiger partial charge in [0.2, 0.25) is 0 Å². The molecule has 35 heavy (non-hydrogen) atoms. The lowest BCUT2D eigenvalue weighted by Gasteiger charge is -2.21. The number of rotatable bonds is 24. The van der Waals surface area contributed by atoms with Crippen LogP contribution in [0.1, 0.15) is 161 Å². The van der Waals surface area contributed by atoms with Crippen LogP contribution >= 0.6 is 18.5 Å². The van der Waals surface area contributed by atoms with Crippen LogP contribution in [0.5, 0.6) is 0 Å². The molecule has 1 aromatic carbocycles. The van der Waals surface area contributed by atoms with Gasteiger partial charge < -0.3 is 0 Å². The van der Waals surface area contributed by atoms with Crippen molar-refractivity contribution in [1.82, 2.24) is 0 Å². The second kappa shape index (κ2) is 24.0. The van der Waals surface area contributed by atoms with E-state index in [0.717, 1.165) is 6.16 Å². The molecule has 0 aliphatic carbocycles. The van der Waals surface area contributed by atoms with Crippen molar-refractivity contribution in [2.75, 3.05) is 0 Å². The highest BCUT2D eigenvalue weighted by atomic mass is 35.7. The molecule has 1 unspecified atom stereocenters. The third-order valence-electron chi connectivity index (χ3n) is 7.30. The molecule has 0 aromatic heterocycles. The van der Waals surface area contributed by atoms with Crippen LogP contribution in [-0.2, 0) is 6.16 Å². The Kier molecular flexibility index (Phi) is 22.5. The molecular formula is C33H58ClP. The van der Waals surface area contributed by atoms with Gasteiger partial charge in [-0.25, -0.2) is 0 Å². The monoisotopic (exact) mass is 520 g/mol. The van der Waals surface area contributed by atoms with Crippen molar-refractivity contribution in [3.8, 4) is 0 Å². The molecule has 0 fully saturated rings. The summed E-state index contributed by atoms with van der Waals surface area (Å²) in [5.41, 5.74) is 3.18. The summed E-state index contributed by atoms with van der Waals surface area (Å²) in [4.78, 5) is 0. The van der Waals surface area contributed by atoms with E-state index in [1.54, 1.807) is 10.9 Å². The zero-order valence-electron chi connectivity index (χ0n) is 23.8. The van der Waals surface area contributed by atoms with Crippen LogP contribution in [0.25, 0.3) is 0 Å². The molecule has 1 aromatic rings. The lowest BCUT2D eigenvalue weighted by molar-refractivity contribution is 0.578. The van der Waals surface area contributed by atoms with Gasteiger partial charge in [-0.15, -0.1) is 0 Å². The summed E-state index contributed by atoms with van der Waals surface area (Å²) < 4.78 is 0. The third kappa shape index (κ3) is 17.7. The second-order valence-corrected chi connectivity index (χ2v) is 13.4. The normalized spacial score (nSPS) is 12.1. The summed E-state index contributed by atoms with van der Waals surface area (Å²) in [6, 6.07) is 11.0. The van der Waals surface area contributed by atoms with Gasteiger partial charge in [-0.05, 0) is 49.4 Å². The largest absolute Gasteiger partial charge is 0.0912 e. The molecule has 0 nitrogen and oxygen atoms in total. The maximum absolute atomic E-state index is 7.31. The van der Waals surface area contributed by atoms with Crippen LogP contribution < -0.4 is 0 Å². The average molecular weight is 521 g/mol. The lowest BCUT2D eigenvalue weighted by Crippen LogP contribution is -1.96. The van der Waals surface area contributed by atoms with Crippen LogP contribution in [0, 0.1) is 0 Å². The standard InChI is InChI=1S/C33H58ClP/c1-4-7-10-13-16-22-27-32(28-23-17-14-11-8-5-2)33(29-24-18-15-12-9-6-3)35(34)30-31-25-20-19-21-26-31/h19-21,25-26H,4-18,22-24,27-30H2,1-3H3. The first-order chi connectivity index (χ1) is 17.2. The molecule has 0 aliphatic heterocycles. The van der Waals surface area contributed by atoms with Gasteiger partial charge in [0.25, 0.3) is 0 Å². The molecule has 202 valence electrons. The SMILES string of the molecule is CCCCCCCCC(CCCCCCCC)=C(CCCCCCCC)P(Cl)Cc1ccccc1. The highest BCUT2D eigenvalue weighted by molar-refractivity contribution is 7.86. The van der Waals surface area contributed by atoms with Gasteiger partial charge in [-0.3, -0.25) is 0 Å². The highest BCUT2D eigenvalue weighted by Crippen LogP contribution is 2.56. The molecule has 0 aliphatic rings. The van der Waals surface area contributed by atoms with Gasteiger partial charge >= 0.3 is 0 Å². The van der Waals surface area contributed by atoms with E-state index in [4.69, 9.17) is 11.2 Å². The number of hydrogen-bond donors (Lipinski definition) is 0. The Morgan fingerprint density at radius 3 is 1.40 bits per heavy atom. The van der Waals surface area contributed by atoms with Crippen molar-refractivity contribution in [1.29, 1.82) is 0 Å². The molecular weight excluding hydrogens is 463 g/mol. The van der Waals surface area contributed by atoms with E-state index in [1.165, 1.54) is 140 Å². The molecule has 0 spiro atoms. The maximum Gasteiger partial charge on any atom is 0.0215 e. The number of halogens is 1. The fourth-order valence-corrected chi connectivity index (χ4v) is 7.75. The van der Waals surface area contributed by atoms with Crippen molar-refractivity contribution >= 4 is 18.5 Å². The lowest BCUT2D eigenvalue weighted by atomic mass is 9.97. The van der Waals surface area contributed by atoms with E-state index < -0.39 is 7.27 Å². The summed E-state index contributed by atoms with van der Waals surface area (Å²) in [6.45, 7) is 6.93. The Bertz CT molecular complexity index is 591. The van der Waals surface area contributed by atoms with E-state index >= 15 is 0 Å². The Morgan fingerprint density at radius 1 is 0.543 bits per heavy atom. The van der Waals surface area contributed by atoms with E-state index in [2.05, 4.69) is 51.1 Å². The van der Waals surface area contributed by atoms with Crippen molar-refractivity contribution in [3.63, 3.8) is 0 Å². The Labute approximate surface area is 226 Å². The third-order valence-corrected chi connectivity index (χ3v) is 10.0. The number of unbranched alkanes of at least 4 members (excludes halogenated alkanes) is 15. The first kappa shape index (κ1) is 32.7. The van der Waals surface area contributed by atoms with Crippen molar-refractivity contribution in [2.24, 2.45) is 0 Å². The first-order valence-corrected chi connectivity index (χ1v) is 17.8. The molecule has 1 atom stereocenters. The fourth-order valence-electron chi connectivity index (χ4n) is 5.03. The summed E-state index contributed by atoms with van der Waals surface area (Å²) in [5.74, 6) is 0. The smallest absolute Gasteiger partial charge is 0.0215 e. The van der Waals surface area contributed by atoms with E-state index in [1.807, 2.05) is 0 Å². The van der Waals surface area contributed by atoms with E-state index in [9.17, 15) is 0 Å². The maximum atomic E-state index is 7.31. The Morgan fingerprint density at radius 2 is 0.943 bits per heavy atom. The summed E-state index contributed by atoms with van der Waals surface area (Å²) in [7, 11) is -0.596. The highest BCUT2D eigenvalue weighted by Gasteiger charge is 2.17. The second-order valence-electron chi connectivity index (χ2n) is 10.6. The van der Waals surface area contributed by atoms with Crippen LogP contribution in [0.3, 0.4) is 0 Å². The van der Waals surface area contributed by atoms with Gasteiger partial charge in [0.1, 0.15) is 0 Å². The molecule has 0 saturated carbocycles. The van der Waals surface area contributed by atoms with Gasteiger partial charge in [0.15, 0.2) is 0 Å². The van der Waals surface area contributed by atoms with Gasteiger partial charge in [0, 0.05) is 13.4 Å². The fraction of sp³-hybridized carbons (Fsp3) is 0.758. The molecule has 0 N–H and O–H groups in total. The molecule has 0 bridgehead atoms. The summed E-state index contributed by atoms with van der Waals surface area (Å²) >= 11 is 7.31. The van der Waals surface area contributed by atoms with Crippen LogP contribution in [0.4, 0.5) is 0 Å². The molecule has 1 rings (SSSR count). The van der Waals surface area contributed by atoms with Crippen LogP contribution in [0.2, 0.25) is 0 Å². The number of allylic oxidation sites excluding steroid dienone is 2. The van der Waals surface area contributed by atoms with Crippen molar-refractivity contribution in [3.05, 3.63) is 46.8 Å². The zero-order chi connectivity index (χ0) is 25.4. The number of hydrogen-bond acceptors (Lipinski definition) is 0. The first-order valence-electron chi connectivity index (χ1n) is 15.4. The van der Waals surface area contributed by atoms with Crippen LogP contribution in [0.15, 0.2) is 41.2 Å². The molecule has 0 heterocycles. The van der Waals surface area contributed by atoms with Gasteiger partial charge in [0.05, 0.1) is 0 Å². The predicted molar refractivity (Wildman–Crippen MR) is 164 cm³/mol.